The second-order valence-electron chi connectivity index (χ2n) is 9.62. The molecule has 1 aliphatic heterocycles. The molecule has 0 bridgehead atoms. The molecule has 0 fully saturated rings. The summed E-state index contributed by atoms with van der Waals surface area (Å²) in [6.45, 7) is 0.722. The van der Waals surface area contributed by atoms with Crippen LogP contribution in [0, 0.1) is 0 Å². The van der Waals surface area contributed by atoms with Gasteiger partial charge < -0.3 is 20.2 Å². The number of anilines is 4. The molecule has 2 amide bonds. The van der Waals surface area contributed by atoms with E-state index in [1.54, 1.807) is 54.9 Å². The fourth-order valence-corrected chi connectivity index (χ4v) is 5.17. The largest absolute Gasteiger partial charge is 0.325 e. The van der Waals surface area contributed by atoms with Gasteiger partial charge in [-0.05, 0) is 55.0 Å². The van der Waals surface area contributed by atoms with Crippen molar-refractivity contribution in [3.8, 4) is 0 Å². The van der Waals surface area contributed by atoms with Gasteiger partial charge in [0.25, 0.3) is 11.8 Å². The average Bonchev–Trinajstić information content (AvgIpc) is 3.68. The molecule has 6 aromatic rings. The first-order chi connectivity index (χ1) is 20.0. The molecular formula is C29H23N9O3. The third-order valence-corrected chi connectivity index (χ3v) is 7.08. The Kier molecular flexibility index (Phi) is 5.78. The molecule has 0 unspecified atom stereocenters. The van der Waals surface area contributed by atoms with Crippen LogP contribution in [0.4, 0.5) is 23.1 Å². The fraction of sp³-hybridized carbons (Fsp3) is 0.103. The topological polar surface area (TPSA) is 156 Å². The lowest BCUT2D eigenvalue weighted by atomic mass is 10.1. The third-order valence-electron chi connectivity index (χ3n) is 7.08. The Labute approximate surface area is 232 Å². The second-order valence-corrected chi connectivity index (χ2v) is 9.62. The highest BCUT2D eigenvalue weighted by Gasteiger charge is 2.34. The van der Waals surface area contributed by atoms with E-state index >= 15 is 0 Å². The number of carbonyl (C=O) groups is 2. The molecule has 0 atom stereocenters. The van der Waals surface area contributed by atoms with Gasteiger partial charge in [0.1, 0.15) is 5.82 Å². The van der Waals surface area contributed by atoms with E-state index in [1.165, 1.54) is 4.90 Å². The van der Waals surface area contributed by atoms with E-state index in [0.29, 0.717) is 52.6 Å². The first-order valence-electron chi connectivity index (χ1n) is 13.0. The van der Waals surface area contributed by atoms with Crippen molar-refractivity contribution in [3.05, 3.63) is 101 Å². The lowest BCUT2D eigenvalue weighted by Gasteiger charge is -2.26. The first-order valence-corrected chi connectivity index (χ1v) is 13.0. The summed E-state index contributed by atoms with van der Waals surface area (Å²) in [5.74, 6) is 0.436. The van der Waals surface area contributed by atoms with Crippen molar-refractivity contribution in [2.75, 3.05) is 23.3 Å². The Bertz CT molecular complexity index is 1970. The van der Waals surface area contributed by atoms with Gasteiger partial charge in [0.2, 0.25) is 5.95 Å². The van der Waals surface area contributed by atoms with Crippen LogP contribution < -0.4 is 15.9 Å². The molecule has 0 radical (unpaired) electrons. The van der Waals surface area contributed by atoms with Gasteiger partial charge in [-0.1, -0.05) is 18.2 Å². The van der Waals surface area contributed by atoms with Crippen LogP contribution in [0.2, 0.25) is 0 Å². The van der Waals surface area contributed by atoms with Gasteiger partial charge in [-0.25, -0.2) is 9.78 Å². The van der Waals surface area contributed by atoms with Gasteiger partial charge in [0, 0.05) is 30.4 Å². The number of amides is 2. The van der Waals surface area contributed by atoms with Gasteiger partial charge in [-0.3, -0.25) is 19.6 Å². The highest BCUT2D eigenvalue weighted by molar-refractivity contribution is 6.21. The number of H-pyrrole nitrogens is 3. The molecule has 4 heterocycles. The summed E-state index contributed by atoms with van der Waals surface area (Å²) in [5, 5.41) is 11.3. The second kappa shape index (κ2) is 9.75. The van der Waals surface area contributed by atoms with Crippen LogP contribution in [0.1, 0.15) is 27.1 Å². The molecule has 7 rings (SSSR count). The predicted molar refractivity (Wildman–Crippen MR) is 154 cm³/mol. The van der Waals surface area contributed by atoms with Crippen LogP contribution in [0.5, 0.6) is 0 Å². The molecule has 12 heteroatoms. The van der Waals surface area contributed by atoms with Gasteiger partial charge in [0.05, 0.1) is 39.6 Å². The summed E-state index contributed by atoms with van der Waals surface area (Å²) < 4.78 is 0. The Morgan fingerprint density at radius 2 is 1.66 bits per heavy atom. The van der Waals surface area contributed by atoms with E-state index in [-0.39, 0.29) is 24.0 Å². The lowest BCUT2D eigenvalue weighted by molar-refractivity contribution is 0.0653. The molecule has 12 nitrogen and oxygen atoms in total. The number of hydrogen-bond acceptors (Lipinski definition) is 8. The number of carbonyl (C=O) groups excluding carboxylic acids is 2. The Balaban J connectivity index is 1.17. The Morgan fingerprint density at radius 1 is 0.854 bits per heavy atom. The molecular weight excluding hydrogens is 522 g/mol. The summed E-state index contributed by atoms with van der Waals surface area (Å²) in [5.41, 5.74) is 4.41. The maximum absolute atomic E-state index is 12.9. The molecule has 0 spiro atoms. The molecule has 1 aliphatic rings. The molecule has 3 aromatic heterocycles. The van der Waals surface area contributed by atoms with Crippen molar-refractivity contribution >= 4 is 56.9 Å². The zero-order valence-corrected chi connectivity index (χ0v) is 21.6. The lowest BCUT2D eigenvalue weighted by Crippen LogP contribution is -2.33. The van der Waals surface area contributed by atoms with E-state index in [4.69, 9.17) is 4.98 Å². The minimum absolute atomic E-state index is 0.259. The van der Waals surface area contributed by atoms with Gasteiger partial charge in [-0.2, -0.15) is 10.1 Å². The van der Waals surface area contributed by atoms with E-state index in [0.717, 1.165) is 16.6 Å². The number of hydrogen-bond donors (Lipinski definition) is 4. The molecule has 4 N–H and O–H groups in total. The van der Waals surface area contributed by atoms with Crippen LogP contribution in [0.25, 0.3) is 21.9 Å². The van der Waals surface area contributed by atoms with Crippen LogP contribution >= 0.6 is 0 Å². The first kappa shape index (κ1) is 24.3. The van der Waals surface area contributed by atoms with Crippen molar-refractivity contribution in [1.29, 1.82) is 0 Å². The average molecular weight is 546 g/mol. The van der Waals surface area contributed by atoms with Crippen LogP contribution in [-0.2, 0) is 0 Å². The molecule has 0 saturated heterocycles. The van der Waals surface area contributed by atoms with Crippen molar-refractivity contribution in [2.24, 2.45) is 0 Å². The SMILES string of the molecule is O=C1c2ccccc2C(=O)N1CCCN(c1ccnc(Nc2ccc3[nH]c(=O)[nH]c3c2)n1)c1cccc2[nH]ncc12. The number of benzene rings is 3. The Morgan fingerprint density at radius 3 is 2.49 bits per heavy atom. The van der Waals surface area contributed by atoms with E-state index in [2.05, 4.69) is 30.5 Å². The number of nitrogens with one attached hydrogen (secondary N) is 4. The highest BCUT2D eigenvalue weighted by atomic mass is 16.2. The molecule has 3 aromatic carbocycles. The number of aromatic amines is 3. The van der Waals surface area contributed by atoms with E-state index in [1.807, 2.05) is 29.2 Å². The van der Waals surface area contributed by atoms with Crippen LogP contribution in [0.15, 0.2) is 83.9 Å². The normalized spacial score (nSPS) is 12.8. The van der Waals surface area contributed by atoms with Crippen LogP contribution in [0.3, 0.4) is 0 Å². The molecule has 202 valence electrons. The zero-order chi connectivity index (χ0) is 27.9. The van der Waals surface area contributed by atoms with Gasteiger partial charge in [0.15, 0.2) is 0 Å². The minimum Gasteiger partial charge on any atom is -0.325 e. The summed E-state index contributed by atoms with van der Waals surface area (Å²) in [6.07, 6.45) is 3.92. The maximum atomic E-state index is 12.9. The number of imide groups is 1. The minimum atomic E-state index is -0.277. The number of rotatable bonds is 8. The number of fused-ring (bicyclic) bond motifs is 3. The highest BCUT2D eigenvalue weighted by Crippen LogP contribution is 2.32. The maximum Gasteiger partial charge on any atom is 0.323 e. The fourth-order valence-electron chi connectivity index (χ4n) is 5.17. The van der Waals surface area contributed by atoms with E-state index in [9.17, 15) is 14.4 Å². The predicted octanol–water partition coefficient (Wildman–Crippen LogP) is 4.09. The summed E-state index contributed by atoms with van der Waals surface area (Å²) in [6, 6.07) is 20.0. The molecule has 41 heavy (non-hydrogen) atoms. The summed E-state index contributed by atoms with van der Waals surface area (Å²) in [4.78, 5) is 55.4. The van der Waals surface area contributed by atoms with Crippen molar-refractivity contribution < 1.29 is 9.59 Å². The van der Waals surface area contributed by atoms with E-state index < -0.39 is 0 Å². The number of nitrogens with zero attached hydrogens (tertiary/aromatic N) is 5. The van der Waals surface area contributed by atoms with Crippen molar-refractivity contribution in [1.82, 2.24) is 35.0 Å². The molecule has 0 saturated carbocycles. The van der Waals surface area contributed by atoms with Gasteiger partial charge >= 0.3 is 5.69 Å². The number of aromatic nitrogens is 6. The van der Waals surface area contributed by atoms with Crippen molar-refractivity contribution in [2.45, 2.75) is 6.42 Å². The van der Waals surface area contributed by atoms with Gasteiger partial charge in [-0.15, -0.1) is 0 Å². The third kappa shape index (κ3) is 4.36. The monoisotopic (exact) mass is 545 g/mol. The smallest absolute Gasteiger partial charge is 0.323 e. The Hall–Kier alpha value is -5.78. The van der Waals surface area contributed by atoms with Crippen molar-refractivity contribution in [3.63, 3.8) is 0 Å². The molecule has 0 aliphatic carbocycles. The standard InChI is InChI=1S/C29H23N9O3/c39-26-18-5-1-2-6-19(18)27(40)38(26)14-4-13-37(24-8-3-7-21-20(24)16-31-36-21)25-11-12-30-28(35-25)32-17-9-10-22-23(15-17)34-29(41)33-22/h1-3,5-12,15-16H,4,13-14H2,(H,31,36)(H,30,32,35)(H2,33,34,41). The quantitative estimate of drug-likeness (QED) is 0.208. The summed E-state index contributed by atoms with van der Waals surface area (Å²) >= 11 is 0. The zero-order valence-electron chi connectivity index (χ0n) is 21.6. The number of imidazole rings is 1. The summed E-state index contributed by atoms with van der Waals surface area (Å²) in [7, 11) is 0. The van der Waals surface area contributed by atoms with Crippen LogP contribution in [-0.4, -0.2) is 59.9 Å².